The molecular formula is C21H23ClF3N3O5. The van der Waals surface area contributed by atoms with Crippen LogP contribution in [-0.4, -0.2) is 51.1 Å². The van der Waals surface area contributed by atoms with Gasteiger partial charge in [-0.2, -0.15) is 13.2 Å². The summed E-state index contributed by atoms with van der Waals surface area (Å²) < 4.78 is 49.4. The number of alkyl carbamates (subject to hydrolysis) is 1. The number of hydrogen-bond acceptors (Lipinski definition) is 6. The average Bonchev–Trinajstić information content (AvgIpc) is 2.79. The first-order valence-corrected chi connectivity index (χ1v) is 9.98. The third-order valence-corrected chi connectivity index (χ3v) is 4.84. The molecule has 0 unspecified atom stereocenters. The van der Waals surface area contributed by atoms with E-state index in [-0.39, 0.29) is 37.6 Å². The maximum absolute atomic E-state index is 13.3. The van der Waals surface area contributed by atoms with Gasteiger partial charge in [-0.05, 0) is 35.9 Å². The normalized spacial score (nSPS) is 11.0. The Labute approximate surface area is 193 Å². The van der Waals surface area contributed by atoms with Crippen LogP contribution in [0.1, 0.15) is 21.5 Å². The molecule has 0 saturated carbocycles. The Morgan fingerprint density at radius 1 is 1.12 bits per heavy atom. The molecular weight excluding hydrogens is 467 g/mol. The van der Waals surface area contributed by atoms with E-state index in [0.717, 1.165) is 19.2 Å². The van der Waals surface area contributed by atoms with Crippen LogP contribution in [0.2, 0.25) is 5.02 Å². The molecule has 0 fully saturated rings. The van der Waals surface area contributed by atoms with Crippen LogP contribution in [0.4, 0.5) is 23.7 Å². The number of hydrogen-bond donors (Lipinski definition) is 3. The molecule has 0 aliphatic carbocycles. The van der Waals surface area contributed by atoms with Gasteiger partial charge in [-0.25, -0.2) is 4.79 Å². The lowest BCUT2D eigenvalue weighted by atomic mass is 10.1. The number of ether oxygens (including phenoxy) is 2. The number of nitrogens with one attached hydrogen (secondary N) is 2. The van der Waals surface area contributed by atoms with Crippen molar-refractivity contribution in [3.05, 3.63) is 58.1 Å². The Hall–Kier alpha value is -3.18. The van der Waals surface area contributed by atoms with Gasteiger partial charge in [0.2, 0.25) is 0 Å². The maximum atomic E-state index is 13.3. The van der Waals surface area contributed by atoms with E-state index in [2.05, 4.69) is 15.4 Å². The summed E-state index contributed by atoms with van der Waals surface area (Å²) in [6.45, 7) is -0.676. The predicted molar refractivity (Wildman–Crippen MR) is 115 cm³/mol. The summed E-state index contributed by atoms with van der Waals surface area (Å²) in [5.74, 6) is -0.353. The van der Waals surface area contributed by atoms with Gasteiger partial charge in [0.05, 0.1) is 49.3 Å². The molecule has 8 nitrogen and oxygen atoms in total. The quantitative estimate of drug-likeness (QED) is 0.467. The molecule has 0 aliphatic rings. The van der Waals surface area contributed by atoms with Gasteiger partial charge in [-0.15, -0.1) is 0 Å². The topological polar surface area (TPSA) is 100 Å². The van der Waals surface area contributed by atoms with Crippen molar-refractivity contribution in [1.82, 2.24) is 10.6 Å². The second kappa shape index (κ2) is 11.6. The van der Waals surface area contributed by atoms with Crippen LogP contribution in [-0.2, 0) is 17.5 Å². The molecule has 2 amide bonds. The summed E-state index contributed by atoms with van der Waals surface area (Å²) >= 11 is 6.07. The monoisotopic (exact) mass is 489 g/mol. The van der Waals surface area contributed by atoms with Crippen LogP contribution in [0, 0.1) is 0 Å². The highest BCUT2D eigenvalue weighted by Gasteiger charge is 2.32. The fourth-order valence-electron chi connectivity index (χ4n) is 2.90. The fraction of sp³-hybridized carbons (Fsp3) is 0.333. The lowest BCUT2D eigenvalue weighted by Crippen LogP contribution is -2.40. The summed E-state index contributed by atoms with van der Waals surface area (Å²) in [6.07, 6.45) is -5.46. The standard InChI is InChI=1S/C21H23ClF3N3O5/c1-32-18-6-3-13(9-16(18)22)11-26-19(30)15-10-14(21(23,24)25)4-5-17(15)28(7-8-29)12-27-20(31)33-2/h3-6,9-10,29H,7-8,11-12H2,1-2H3,(H,26,30)(H,27,31). The molecule has 33 heavy (non-hydrogen) atoms. The van der Waals surface area contributed by atoms with E-state index >= 15 is 0 Å². The zero-order chi connectivity index (χ0) is 24.6. The predicted octanol–water partition coefficient (Wildman–Crippen LogP) is 3.41. The van der Waals surface area contributed by atoms with E-state index in [1.165, 1.54) is 12.0 Å². The number of carbonyl (C=O) groups is 2. The molecule has 0 aliphatic heterocycles. The van der Waals surface area contributed by atoms with Gasteiger partial charge < -0.3 is 30.1 Å². The minimum absolute atomic E-state index is 0.0152. The van der Waals surface area contributed by atoms with Crippen molar-refractivity contribution < 1.29 is 37.3 Å². The Morgan fingerprint density at radius 3 is 2.42 bits per heavy atom. The van der Waals surface area contributed by atoms with E-state index < -0.39 is 23.7 Å². The largest absolute Gasteiger partial charge is 0.495 e. The Bertz CT molecular complexity index is 988. The number of rotatable bonds is 9. The number of aliphatic hydroxyl groups excluding tert-OH is 1. The van der Waals surface area contributed by atoms with E-state index in [0.29, 0.717) is 22.4 Å². The van der Waals surface area contributed by atoms with Gasteiger partial charge in [0.1, 0.15) is 5.75 Å². The first-order valence-electron chi connectivity index (χ1n) is 9.60. The lowest BCUT2D eigenvalue weighted by molar-refractivity contribution is -0.137. The average molecular weight is 490 g/mol. The third-order valence-electron chi connectivity index (χ3n) is 4.55. The Balaban J connectivity index is 2.34. The van der Waals surface area contributed by atoms with Crippen LogP contribution in [0.5, 0.6) is 5.75 Å². The number of benzene rings is 2. The summed E-state index contributed by atoms with van der Waals surface area (Å²) in [6, 6.07) is 7.45. The molecule has 3 N–H and O–H groups in total. The van der Waals surface area contributed by atoms with E-state index in [9.17, 15) is 27.9 Å². The number of amides is 2. The second-order valence-corrected chi connectivity index (χ2v) is 7.10. The Kier molecular flexibility index (Phi) is 9.18. The molecule has 0 spiro atoms. The van der Waals surface area contributed by atoms with Crippen LogP contribution < -0.4 is 20.3 Å². The molecule has 0 bridgehead atoms. The van der Waals surface area contributed by atoms with Gasteiger partial charge in [0, 0.05) is 13.1 Å². The number of anilines is 1. The lowest BCUT2D eigenvalue weighted by Gasteiger charge is -2.26. The minimum atomic E-state index is -4.68. The van der Waals surface area contributed by atoms with E-state index in [4.69, 9.17) is 16.3 Å². The Morgan fingerprint density at radius 2 is 1.85 bits per heavy atom. The zero-order valence-corrected chi connectivity index (χ0v) is 18.6. The van der Waals surface area contributed by atoms with Crippen molar-refractivity contribution in [2.45, 2.75) is 12.7 Å². The molecule has 0 heterocycles. The van der Waals surface area contributed by atoms with Gasteiger partial charge >= 0.3 is 12.3 Å². The van der Waals surface area contributed by atoms with Crippen LogP contribution in [0.3, 0.4) is 0 Å². The summed E-state index contributed by atoms with van der Waals surface area (Å²) in [5.41, 5.74) is -0.626. The third kappa shape index (κ3) is 7.16. The zero-order valence-electron chi connectivity index (χ0n) is 17.8. The van der Waals surface area contributed by atoms with Gasteiger partial charge in [-0.1, -0.05) is 17.7 Å². The summed E-state index contributed by atoms with van der Waals surface area (Å²) in [7, 11) is 2.60. The summed E-state index contributed by atoms with van der Waals surface area (Å²) in [5, 5.41) is 14.6. The van der Waals surface area contributed by atoms with Gasteiger partial charge in [0.25, 0.3) is 5.91 Å². The highest BCUT2D eigenvalue weighted by atomic mass is 35.5. The van der Waals surface area contributed by atoms with E-state index in [1.807, 2.05) is 0 Å². The molecule has 0 saturated heterocycles. The number of halogens is 4. The highest BCUT2D eigenvalue weighted by molar-refractivity contribution is 6.32. The van der Waals surface area contributed by atoms with Gasteiger partial charge in [-0.3, -0.25) is 4.79 Å². The maximum Gasteiger partial charge on any atom is 0.416 e. The molecule has 12 heteroatoms. The fourth-order valence-corrected chi connectivity index (χ4v) is 3.19. The van der Waals surface area contributed by atoms with Crippen LogP contribution >= 0.6 is 11.6 Å². The molecule has 0 radical (unpaired) electrons. The molecule has 0 atom stereocenters. The first-order chi connectivity index (χ1) is 15.6. The smallest absolute Gasteiger partial charge is 0.416 e. The molecule has 180 valence electrons. The minimum Gasteiger partial charge on any atom is -0.495 e. The number of aliphatic hydroxyl groups is 1. The summed E-state index contributed by atoms with van der Waals surface area (Å²) in [4.78, 5) is 25.7. The molecule has 0 aromatic heterocycles. The second-order valence-electron chi connectivity index (χ2n) is 6.69. The van der Waals surface area contributed by atoms with Crippen molar-refractivity contribution >= 4 is 29.3 Å². The van der Waals surface area contributed by atoms with Crippen molar-refractivity contribution in [2.24, 2.45) is 0 Å². The van der Waals surface area contributed by atoms with Crippen molar-refractivity contribution in [3.63, 3.8) is 0 Å². The van der Waals surface area contributed by atoms with Crippen molar-refractivity contribution in [3.8, 4) is 5.75 Å². The van der Waals surface area contributed by atoms with Crippen LogP contribution in [0.25, 0.3) is 0 Å². The first kappa shape index (κ1) is 26.1. The SMILES string of the molecule is COC(=O)NCN(CCO)c1ccc(C(F)(F)F)cc1C(=O)NCc1ccc(OC)c(Cl)c1. The highest BCUT2D eigenvalue weighted by Crippen LogP contribution is 2.33. The van der Waals surface area contributed by atoms with Crippen molar-refractivity contribution in [1.29, 1.82) is 0 Å². The number of alkyl halides is 3. The number of methoxy groups -OCH3 is 2. The molecule has 2 aromatic rings. The van der Waals surface area contributed by atoms with Crippen molar-refractivity contribution in [2.75, 3.05) is 38.9 Å². The number of carbonyl (C=O) groups excluding carboxylic acids is 2. The van der Waals surface area contributed by atoms with Crippen LogP contribution in [0.15, 0.2) is 36.4 Å². The molecule has 2 aromatic carbocycles. The number of nitrogens with zero attached hydrogens (tertiary/aromatic N) is 1. The van der Waals surface area contributed by atoms with E-state index in [1.54, 1.807) is 18.2 Å². The molecule has 2 rings (SSSR count). The van der Waals surface area contributed by atoms with Gasteiger partial charge in [0.15, 0.2) is 0 Å².